The van der Waals surface area contributed by atoms with Crippen molar-refractivity contribution in [1.29, 1.82) is 0 Å². The van der Waals surface area contributed by atoms with Gasteiger partial charge in [-0.05, 0) is 116 Å². The smallest absolute Gasteiger partial charge is 0.165 e. The molecule has 0 saturated heterocycles. The number of hydrogen-bond donors (Lipinski definition) is 0. The molecule has 0 radical (unpaired) electrons. The van der Waals surface area contributed by atoms with E-state index in [-0.39, 0.29) is 0 Å². The predicted octanol–water partition coefficient (Wildman–Crippen LogP) is 17.3. The van der Waals surface area contributed by atoms with Gasteiger partial charge in [-0.3, -0.25) is 4.57 Å². The molecule has 326 valence electrons. The Balaban J connectivity index is 1.08. The third-order valence-electron chi connectivity index (χ3n) is 14.1. The molecule has 11 aromatic carbocycles. The van der Waals surface area contributed by atoms with Gasteiger partial charge in [-0.1, -0.05) is 194 Å². The fraction of sp³-hybridized carbons (Fsp3) is 0. The minimum atomic E-state index is 0.775. The number of para-hydroxylation sites is 2. The van der Waals surface area contributed by atoms with Gasteiger partial charge in [0.1, 0.15) is 5.69 Å². The summed E-state index contributed by atoms with van der Waals surface area (Å²) in [7, 11) is 0. The van der Waals surface area contributed by atoms with E-state index in [1.165, 1.54) is 32.8 Å². The van der Waals surface area contributed by atoms with E-state index in [0.29, 0.717) is 0 Å². The first-order valence-electron chi connectivity index (χ1n) is 23.9. The number of benzene rings is 11. The van der Waals surface area contributed by atoms with Gasteiger partial charge in [-0.2, -0.15) is 0 Å². The zero-order valence-corrected chi connectivity index (χ0v) is 38.0. The summed E-state index contributed by atoms with van der Waals surface area (Å²) in [6, 6.07) is 91.6. The van der Waals surface area contributed by atoms with E-state index in [2.05, 4.69) is 264 Å². The second-order valence-electron chi connectivity index (χ2n) is 18.1. The highest BCUT2D eigenvalue weighted by Crippen LogP contribution is 2.44. The molecule has 14 rings (SSSR count). The average Bonchev–Trinajstić information content (AvgIpc) is 3.94. The van der Waals surface area contributed by atoms with Gasteiger partial charge in [0.25, 0.3) is 0 Å². The Morgan fingerprint density at radius 1 is 0.271 bits per heavy atom. The van der Waals surface area contributed by atoms with Gasteiger partial charge in [0.15, 0.2) is 5.82 Å². The summed E-state index contributed by atoms with van der Waals surface area (Å²) < 4.78 is 4.75. The van der Waals surface area contributed by atoms with Gasteiger partial charge < -0.3 is 4.57 Å². The van der Waals surface area contributed by atoms with Gasteiger partial charge in [0.05, 0.1) is 33.1 Å². The van der Waals surface area contributed by atoms with Crippen molar-refractivity contribution in [2.45, 2.75) is 0 Å². The molecule has 0 spiro atoms. The molecule has 3 heterocycles. The van der Waals surface area contributed by atoms with Crippen molar-refractivity contribution in [2.75, 3.05) is 0 Å². The van der Waals surface area contributed by atoms with Gasteiger partial charge in [-0.15, -0.1) is 0 Å². The van der Waals surface area contributed by atoms with E-state index in [4.69, 9.17) is 9.97 Å². The standard InChI is InChI=1S/C66H42N4/c1-5-18-43(19-6-1)44-32-34-47(35-33-44)52-29-17-31-62-64(52)57-38-48-24-13-14-25-49(48)40-63(57)70(62)66-65(50-36-37-61-56(39-50)53-28-15-16-30-60(53)69(61)51-26-11-4-12-27-51)67-58-41-54(45-20-7-2-8-21-45)55(42-59(58)68-66)46-22-9-3-10-23-46/h1-42H. The molecule has 0 fully saturated rings. The Morgan fingerprint density at radius 3 is 1.49 bits per heavy atom. The second-order valence-corrected chi connectivity index (χ2v) is 18.1. The van der Waals surface area contributed by atoms with Crippen LogP contribution in [0.5, 0.6) is 0 Å². The maximum Gasteiger partial charge on any atom is 0.165 e. The predicted molar refractivity (Wildman–Crippen MR) is 293 cm³/mol. The maximum atomic E-state index is 5.83. The lowest BCUT2D eigenvalue weighted by Gasteiger charge is -2.17. The van der Waals surface area contributed by atoms with E-state index >= 15 is 0 Å². The van der Waals surface area contributed by atoms with E-state index in [0.717, 1.165) is 99.8 Å². The largest absolute Gasteiger partial charge is 0.309 e. The zero-order chi connectivity index (χ0) is 46.1. The summed E-state index contributed by atoms with van der Waals surface area (Å²) in [4.78, 5) is 11.6. The third-order valence-corrected chi connectivity index (χ3v) is 14.1. The molecule has 0 N–H and O–H groups in total. The van der Waals surface area contributed by atoms with Crippen LogP contribution in [-0.4, -0.2) is 19.1 Å². The molecule has 0 aliphatic rings. The molecule has 0 unspecified atom stereocenters. The van der Waals surface area contributed by atoms with Crippen molar-refractivity contribution in [1.82, 2.24) is 19.1 Å². The highest BCUT2D eigenvalue weighted by atomic mass is 15.1. The van der Waals surface area contributed by atoms with Crippen LogP contribution in [-0.2, 0) is 0 Å². The normalized spacial score (nSPS) is 11.7. The van der Waals surface area contributed by atoms with Crippen LogP contribution in [0.25, 0.3) is 133 Å². The maximum absolute atomic E-state index is 5.83. The SMILES string of the molecule is c1ccc(-c2ccc(-c3cccc4c3c3cc5ccccc5cc3n4-c3nc4cc(-c5ccccc5)c(-c5ccccc5)cc4nc3-c3ccc4c(c3)c3ccccc3n4-c3ccccc3)cc2)cc1. The molecule has 14 aromatic rings. The van der Waals surface area contributed by atoms with Crippen LogP contribution in [0.2, 0.25) is 0 Å². The minimum absolute atomic E-state index is 0.775. The van der Waals surface area contributed by atoms with E-state index in [1.54, 1.807) is 0 Å². The first-order chi connectivity index (χ1) is 34.7. The van der Waals surface area contributed by atoms with Crippen LogP contribution in [0.4, 0.5) is 0 Å². The third kappa shape index (κ3) is 6.46. The van der Waals surface area contributed by atoms with Crippen molar-refractivity contribution in [3.8, 4) is 67.3 Å². The first kappa shape index (κ1) is 39.8. The lowest BCUT2D eigenvalue weighted by Crippen LogP contribution is -2.04. The fourth-order valence-corrected chi connectivity index (χ4v) is 10.8. The van der Waals surface area contributed by atoms with Crippen LogP contribution in [0.1, 0.15) is 0 Å². The molecule has 0 amide bonds. The summed E-state index contributed by atoms with van der Waals surface area (Å²) in [6.45, 7) is 0. The minimum Gasteiger partial charge on any atom is -0.309 e. The number of aromatic nitrogens is 4. The highest BCUT2D eigenvalue weighted by molar-refractivity contribution is 6.19. The Bertz CT molecular complexity index is 4310. The molecule has 4 nitrogen and oxygen atoms in total. The van der Waals surface area contributed by atoms with Crippen LogP contribution in [0.3, 0.4) is 0 Å². The molecule has 70 heavy (non-hydrogen) atoms. The fourth-order valence-electron chi connectivity index (χ4n) is 10.8. The summed E-state index contributed by atoms with van der Waals surface area (Å²) in [5.74, 6) is 0.775. The van der Waals surface area contributed by atoms with Crippen molar-refractivity contribution >= 4 is 65.4 Å². The van der Waals surface area contributed by atoms with Gasteiger partial charge >= 0.3 is 0 Å². The average molecular weight is 891 g/mol. The molecule has 0 aliphatic carbocycles. The topological polar surface area (TPSA) is 35.6 Å². The highest BCUT2D eigenvalue weighted by Gasteiger charge is 2.24. The van der Waals surface area contributed by atoms with Gasteiger partial charge in [-0.25, -0.2) is 9.97 Å². The summed E-state index contributed by atoms with van der Waals surface area (Å²) in [5.41, 5.74) is 18.2. The van der Waals surface area contributed by atoms with Crippen LogP contribution in [0.15, 0.2) is 255 Å². The van der Waals surface area contributed by atoms with E-state index in [1.807, 2.05) is 0 Å². The van der Waals surface area contributed by atoms with Crippen LogP contribution >= 0.6 is 0 Å². The second kappa shape index (κ2) is 16.2. The molecule has 0 aliphatic heterocycles. The van der Waals surface area contributed by atoms with Crippen molar-refractivity contribution in [3.63, 3.8) is 0 Å². The van der Waals surface area contributed by atoms with E-state index < -0.39 is 0 Å². The Morgan fingerprint density at radius 2 is 0.786 bits per heavy atom. The monoisotopic (exact) mass is 890 g/mol. The van der Waals surface area contributed by atoms with Crippen molar-refractivity contribution in [2.24, 2.45) is 0 Å². The van der Waals surface area contributed by atoms with Crippen LogP contribution < -0.4 is 0 Å². The number of rotatable bonds is 7. The summed E-state index contributed by atoms with van der Waals surface area (Å²) in [6.07, 6.45) is 0. The lowest BCUT2D eigenvalue weighted by atomic mass is 9.93. The molecule has 0 atom stereocenters. The first-order valence-corrected chi connectivity index (χ1v) is 23.9. The van der Waals surface area contributed by atoms with Crippen LogP contribution in [0, 0.1) is 0 Å². The molecular formula is C66H42N4. The zero-order valence-electron chi connectivity index (χ0n) is 38.0. The molecular weight excluding hydrogens is 849 g/mol. The van der Waals surface area contributed by atoms with Gasteiger partial charge in [0, 0.05) is 32.8 Å². The summed E-state index contributed by atoms with van der Waals surface area (Å²) in [5, 5.41) is 7.03. The molecule has 3 aromatic heterocycles. The molecule has 0 saturated carbocycles. The number of hydrogen-bond acceptors (Lipinski definition) is 2. The number of nitrogens with zero attached hydrogens (tertiary/aromatic N) is 4. The molecule has 4 heteroatoms. The molecule has 0 bridgehead atoms. The Hall–Kier alpha value is -9.38. The van der Waals surface area contributed by atoms with Crippen molar-refractivity contribution in [3.05, 3.63) is 255 Å². The Kier molecular flexibility index (Phi) is 9.17. The Labute approximate surface area is 404 Å². The van der Waals surface area contributed by atoms with Crippen molar-refractivity contribution < 1.29 is 0 Å². The lowest BCUT2D eigenvalue weighted by molar-refractivity contribution is 1.08. The quantitative estimate of drug-likeness (QED) is 0.160. The van der Waals surface area contributed by atoms with Gasteiger partial charge in [0.2, 0.25) is 0 Å². The van der Waals surface area contributed by atoms with E-state index in [9.17, 15) is 0 Å². The summed E-state index contributed by atoms with van der Waals surface area (Å²) >= 11 is 0. The number of fused-ring (bicyclic) bond motifs is 8.